The Kier molecular flexibility index (Phi) is 2.46. The number of nitrogens with zero attached hydrogens (tertiary/aromatic N) is 1. The first-order valence-corrected chi connectivity index (χ1v) is 7.50. The second-order valence-corrected chi connectivity index (χ2v) is 6.26. The number of fused-ring (bicyclic) bond motifs is 3. The summed E-state index contributed by atoms with van der Waals surface area (Å²) in [5.74, 6) is 3.07. The fraction of sp³-hybridized carbons (Fsp3) is 0.562. The first kappa shape index (κ1) is 11.5. The highest BCUT2D eigenvalue weighted by molar-refractivity contribution is 5.76. The van der Waals surface area contributed by atoms with Gasteiger partial charge in [-0.15, -0.1) is 0 Å². The fourth-order valence-corrected chi connectivity index (χ4v) is 4.20. The van der Waals surface area contributed by atoms with Crippen molar-refractivity contribution in [3.05, 3.63) is 29.6 Å². The molecule has 2 aromatic rings. The van der Waals surface area contributed by atoms with Crippen LogP contribution in [0.4, 0.5) is 0 Å². The lowest BCUT2D eigenvalue weighted by Gasteiger charge is -2.26. The zero-order valence-corrected chi connectivity index (χ0v) is 11.4. The van der Waals surface area contributed by atoms with E-state index in [2.05, 4.69) is 30.1 Å². The number of imidazole rings is 1. The van der Waals surface area contributed by atoms with E-state index in [1.165, 1.54) is 30.3 Å². The van der Waals surface area contributed by atoms with Gasteiger partial charge in [0.05, 0.1) is 11.0 Å². The summed E-state index contributed by atoms with van der Waals surface area (Å²) in [6, 6.07) is 6.84. The van der Waals surface area contributed by atoms with E-state index in [9.17, 15) is 0 Å². The Labute approximate surface area is 113 Å². The number of nitrogens with one attached hydrogen (secondary N) is 1. The third kappa shape index (κ3) is 1.64. The van der Waals surface area contributed by atoms with Crippen molar-refractivity contribution in [2.45, 2.75) is 44.6 Å². The molecule has 0 radical (unpaired) electrons. The Hall–Kier alpha value is -1.35. The predicted molar refractivity (Wildman–Crippen MR) is 77.0 cm³/mol. The van der Waals surface area contributed by atoms with E-state index in [0.29, 0.717) is 12.0 Å². The molecule has 1 aromatic heterocycles. The van der Waals surface area contributed by atoms with Gasteiger partial charge in [0.2, 0.25) is 0 Å². The van der Waals surface area contributed by atoms with Crippen LogP contribution < -0.4 is 5.73 Å². The number of rotatable bonds is 2. The smallest absolute Gasteiger partial charge is 0.112 e. The molecule has 100 valence electrons. The molecule has 4 rings (SSSR count). The molecule has 1 heterocycles. The van der Waals surface area contributed by atoms with Gasteiger partial charge in [-0.1, -0.05) is 13.0 Å². The van der Waals surface area contributed by atoms with E-state index in [0.717, 1.165) is 29.6 Å². The number of H-pyrrole nitrogens is 1. The predicted octanol–water partition coefficient (Wildman–Crippen LogP) is 2.97. The topological polar surface area (TPSA) is 54.7 Å². The van der Waals surface area contributed by atoms with Gasteiger partial charge in [-0.05, 0) is 55.2 Å². The second kappa shape index (κ2) is 4.07. The van der Waals surface area contributed by atoms with Crippen molar-refractivity contribution in [3.8, 4) is 0 Å². The first-order valence-electron chi connectivity index (χ1n) is 7.50. The summed E-state index contributed by atoms with van der Waals surface area (Å²) in [5.41, 5.74) is 10.0. The molecule has 0 saturated heterocycles. The maximum atomic E-state index is 6.41. The average molecular weight is 255 g/mol. The van der Waals surface area contributed by atoms with Crippen LogP contribution in [-0.4, -0.2) is 16.0 Å². The summed E-state index contributed by atoms with van der Waals surface area (Å²) in [7, 11) is 0. The summed E-state index contributed by atoms with van der Waals surface area (Å²) >= 11 is 0. The quantitative estimate of drug-likeness (QED) is 0.866. The molecule has 2 saturated carbocycles. The zero-order valence-electron chi connectivity index (χ0n) is 11.4. The van der Waals surface area contributed by atoms with E-state index in [4.69, 9.17) is 10.7 Å². The molecule has 1 aromatic carbocycles. The van der Waals surface area contributed by atoms with Crippen LogP contribution in [0, 0.1) is 11.8 Å². The summed E-state index contributed by atoms with van der Waals surface area (Å²) < 4.78 is 0. The molecule has 2 bridgehead atoms. The molecule has 2 aliphatic carbocycles. The first-order chi connectivity index (χ1) is 9.26. The molecule has 4 atom stereocenters. The van der Waals surface area contributed by atoms with Crippen LogP contribution in [0.3, 0.4) is 0 Å². The number of hydrogen-bond acceptors (Lipinski definition) is 2. The molecule has 0 aliphatic heterocycles. The van der Waals surface area contributed by atoms with Crippen molar-refractivity contribution in [2.75, 3.05) is 0 Å². The minimum Gasteiger partial charge on any atom is -0.342 e. The van der Waals surface area contributed by atoms with Crippen molar-refractivity contribution < 1.29 is 0 Å². The second-order valence-electron chi connectivity index (χ2n) is 6.26. The average Bonchev–Trinajstić information content (AvgIpc) is 3.10. The highest BCUT2D eigenvalue weighted by atomic mass is 15.0. The van der Waals surface area contributed by atoms with Gasteiger partial charge in [0, 0.05) is 12.0 Å². The Morgan fingerprint density at radius 2 is 2.16 bits per heavy atom. The number of aromatic nitrogens is 2. The minimum absolute atomic E-state index is 0.310. The van der Waals surface area contributed by atoms with Gasteiger partial charge in [-0.2, -0.15) is 0 Å². The van der Waals surface area contributed by atoms with E-state index < -0.39 is 0 Å². The monoisotopic (exact) mass is 255 g/mol. The van der Waals surface area contributed by atoms with Crippen LogP contribution in [0.2, 0.25) is 0 Å². The highest BCUT2D eigenvalue weighted by Crippen LogP contribution is 2.51. The highest BCUT2D eigenvalue weighted by Gasteiger charge is 2.47. The van der Waals surface area contributed by atoms with Crippen molar-refractivity contribution >= 4 is 11.0 Å². The lowest BCUT2D eigenvalue weighted by Crippen LogP contribution is -2.34. The van der Waals surface area contributed by atoms with Crippen LogP contribution in [0.15, 0.2) is 18.2 Å². The van der Waals surface area contributed by atoms with Crippen LogP contribution in [0.5, 0.6) is 0 Å². The van der Waals surface area contributed by atoms with E-state index >= 15 is 0 Å². The van der Waals surface area contributed by atoms with E-state index in [-0.39, 0.29) is 0 Å². The lowest BCUT2D eigenvalue weighted by molar-refractivity contribution is 0.356. The number of hydrogen-bond donors (Lipinski definition) is 2. The zero-order chi connectivity index (χ0) is 13.0. The van der Waals surface area contributed by atoms with Gasteiger partial charge in [0.15, 0.2) is 0 Å². The Morgan fingerprint density at radius 1 is 1.32 bits per heavy atom. The van der Waals surface area contributed by atoms with Crippen molar-refractivity contribution in [2.24, 2.45) is 17.6 Å². The number of benzene rings is 1. The maximum absolute atomic E-state index is 6.41. The van der Waals surface area contributed by atoms with Gasteiger partial charge in [-0.3, -0.25) is 0 Å². The molecule has 19 heavy (non-hydrogen) atoms. The summed E-state index contributed by atoms with van der Waals surface area (Å²) in [6.45, 7) is 2.18. The normalized spacial score (nSPS) is 33.4. The third-order valence-electron chi connectivity index (χ3n) is 5.27. The van der Waals surface area contributed by atoms with Crippen molar-refractivity contribution in [1.82, 2.24) is 9.97 Å². The molecule has 3 nitrogen and oxygen atoms in total. The Balaban J connectivity index is 1.75. The van der Waals surface area contributed by atoms with Gasteiger partial charge in [-0.25, -0.2) is 4.98 Å². The molecular weight excluding hydrogens is 234 g/mol. The molecule has 3 N–H and O–H groups in total. The molecule has 4 unspecified atom stereocenters. The molecule has 0 spiro atoms. The van der Waals surface area contributed by atoms with Crippen LogP contribution in [0.25, 0.3) is 11.0 Å². The molecule has 3 heteroatoms. The van der Waals surface area contributed by atoms with Crippen LogP contribution in [-0.2, 0) is 6.42 Å². The molecule has 0 amide bonds. The van der Waals surface area contributed by atoms with E-state index in [1.807, 2.05) is 0 Å². The maximum Gasteiger partial charge on any atom is 0.112 e. The summed E-state index contributed by atoms with van der Waals surface area (Å²) in [5, 5.41) is 0. The standard InChI is InChI=1S/C16H21N3/c1-2-9-3-6-12-13(7-9)19-16(18-12)14-10-4-5-11(8-10)15(14)17/h3,6-7,10-11,14-15H,2,4-5,8,17H2,1H3,(H,18,19). The number of aryl methyl sites for hydroxylation is 1. The van der Waals surface area contributed by atoms with E-state index in [1.54, 1.807) is 0 Å². The van der Waals surface area contributed by atoms with Crippen molar-refractivity contribution in [3.63, 3.8) is 0 Å². The van der Waals surface area contributed by atoms with Crippen LogP contribution >= 0.6 is 0 Å². The summed E-state index contributed by atoms with van der Waals surface area (Å²) in [6.07, 6.45) is 5.03. The molecule has 2 fully saturated rings. The number of aromatic amines is 1. The molecular formula is C16H21N3. The summed E-state index contributed by atoms with van der Waals surface area (Å²) in [4.78, 5) is 8.34. The van der Waals surface area contributed by atoms with Crippen LogP contribution in [0.1, 0.15) is 43.5 Å². The van der Waals surface area contributed by atoms with Gasteiger partial charge < -0.3 is 10.7 Å². The van der Waals surface area contributed by atoms with Crippen molar-refractivity contribution in [1.29, 1.82) is 0 Å². The Morgan fingerprint density at radius 3 is 2.89 bits per heavy atom. The minimum atomic E-state index is 0.310. The Bertz CT molecular complexity index is 613. The van der Waals surface area contributed by atoms with Gasteiger partial charge in [0.25, 0.3) is 0 Å². The number of nitrogens with two attached hydrogens (primary N) is 1. The van der Waals surface area contributed by atoms with Gasteiger partial charge >= 0.3 is 0 Å². The molecule has 2 aliphatic rings. The lowest BCUT2D eigenvalue weighted by atomic mass is 9.84. The SMILES string of the molecule is CCc1ccc2nc(C3C4CCC(C4)C3N)[nH]c2c1. The third-order valence-corrected chi connectivity index (χ3v) is 5.27. The fourth-order valence-electron chi connectivity index (χ4n) is 4.20. The van der Waals surface area contributed by atoms with Gasteiger partial charge in [0.1, 0.15) is 5.82 Å². The largest absolute Gasteiger partial charge is 0.342 e.